The first-order valence-electron chi connectivity index (χ1n) is 6.64. The van der Waals surface area contributed by atoms with Crippen LogP contribution in [0.2, 0.25) is 0 Å². The number of nitrogens with one attached hydrogen (secondary N) is 2. The molecule has 4 nitrogen and oxygen atoms in total. The number of halogens is 1. The van der Waals surface area contributed by atoms with Gasteiger partial charge in [-0.05, 0) is 24.6 Å². The SMILES string of the molecule is Cc1ccc(NC(=O)CCN2CCNCC2)cc1Br. The van der Waals surface area contributed by atoms with Gasteiger partial charge in [0.2, 0.25) is 5.91 Å². The number of carbonyl (C=O) groups is 1. The normalized spacial score (nSPS) is 16.3. The summed E-state index contributed by atoms with van der Waals surface area (Å²) in [5.74, 6) is 0.0780. The molecule has 5 heteroatoms. The van der Waals surface area contributed by atoms with E-state index in [0.29, 0.717) is 6.42 Å². The van der Waals surface area contributed by atoms with Crippen LogP contribution in [0, 0.1) is 6.92 Å². The van der Waals surface area contributed by atoms with Crippen molar-refractivity contribution in [3.63, 3.8) is 0 Å². The molecule has 1 aromatic rings. The molecule has 1 fully saturated rings. The highest BCUT2D eigenvalue weighted by Crippen LogP contribution is 2.20. The van der Waals surface area contributed by atoms with Crippen molar-refractivity contribution in [3.05, 3.63) is 28.2 Å². The van der Waals surface area contributed by atoms with E-state index in [9.17, 15) is 4.79 Å². The quantitative estimate of drug-likeness (QED) is 0.889. The Morgan fingerprint density at radius 1 is 1.42 bits per heavy atom. The summed E-state index contributed by atoms with van der Waals surface area (Å²) < 4.78 is 1.02. The third-order valence-corrected chi connectivity index (χ3v) is 4.17. The van der Waals surface area contributed by atoms with Gasteiger partial charge in [0.15, 0.2) is 0 Å². The minimum Gasteiger partial charge on any atom is -0.326 e. The van der Waals surface area contributed by atoms with Gasteiger partial charge in [0, 0.05) is 49.3 Å². The summed E-state index contributed by atoms with van der Waals surface area (Å²) >= 11 is 3.47. The summed E-state index contributed by atoms with van der Waals surface area (Å²) in [5.41, 5.74) is 2.02. The van der Waals surface area contributed by atoms with Crippen molar-refractivity contribution in [2.75, 3.05) is 38.0 Å². The number of aryl methyl sites for hydroxylation is 1. The zero-order chi connectivity index (χ0) is 13.7. The molecule has 0 radical (unpaired) electrons. The average molecular weight is 326 g/mol. The summed E-state index contributed by atoms with van der Waals surface area (Å²) in [6, 6.07) is 5.87. The second-order valence-corrected chi connectivity index (χ2v) is 5.71. The van der Waals surface area contributed by atoms with Gasteiger partial charge in [0.05, 0.1) is 0 Å². The van der Waals surface area contributed by atoms with Crippen molar-refractivity contribution in [1.82, 2.24) is 10.2 Å². The maximum Gasteiger partial charge on any atom is 0.225 e. The van der Waals surface area contributed by atoms with Gasteiger partial charge in [-0.15, -0.1) is 0 Å². The largest absolute Gasteiger partial charge is 0.326 e. The fraction of sp³-hybridized carbons (Fsp3) is 0.500. The molecule has 0 bridgehead atoms. The topological polar surface area (TPSA) is 44.4 Å². The van der Waals surface area contributed by atoms with Crippen LogP contribution in [0.4, 0.5) is 5.69 Å². The third-order valence-electron chi connectivity index (χ3n) is 3.32. The summed E-state index contributed by atoms with van der Waals surface area (Å²) in [6.45, 7) is 6.96. The standard InChI is InChI=1S/C14H20BrN3O/c1-11-2-3-12(10-13(11)15)17-14(19)4-7-18-8-5-16-6-9-18/h2-3,10,16H,4-9H2,1H3,(H,17,19). The van der Waals surface area contributed by atoms with Crippen molar-refractivity contribution in [2.45, 2.75) is 13.3 Å². The minimum atomic E-state index is 0.0780. The second-order valence-electron chi connectivity index (χ2n) is 4.85. The van der Waals surface area contributed by atoms with Crippen LogP contribution in [-0.2, 0) is 4.79 Å². The van der Waals surface area contributed by atoms with E-state index in [1.54, 1.807) is 0 Å². The molecule has 2 N–H and O–H groups in total. The Bertz CT molecular complexity index is 444. The lowest BCUT2D eigenvalue weighted by Crippen LogP contribution is -2.44. The lowest BCUT2D eigenvalue weighted by atomic mass is 10.2. The van der Waals surface area contributed by atoms with Crippen molar-refractivity contribution < 1.29 is 4.79 Å². The fourth-order valence-electron chi connectivity index (χ4n) is 2.09. The molecule has 1 heterocycles. The van der Waals surface area contributed by atoms with E-state index >= 15 is 0 Å². The zero-order valence-corrected chi connectivity index (χ0v) is 12.8. The Balaban J connectivity index is 1.78. The average Bonchev–Trinajstić information content (AvgIpc) is 2.42. The van der Waals surface area contributed by atoms with Crippen LogP contribution >= 0.6 is 15.9 Å². The molecule has 1 aliphatic rings. The third kappa shape index (κ3) is 4.60. The molecule has 1 aliphatic heterocycles. The molecular formula is C14H20BrN3O. The minimum absolute atomic E-state index is 0.0780. The summed E-state index contributed by atoms with van der Waals surface area (Å²) in [7, 11) is 0. The van der Waals surface area contributed by atoms with E-state index in [1.807, 2.05) is 25.1 Å². The zero-order valence-electron chi connectivity index (χ0n) is 11.2. The molecule has 19 heavy (non-hydrogen) atoms. The highest BCUT2D eigenvalue weighted by Gasteiger charge is 2.11. The maximum absolute atomic E-state index is 11.9. The van der Waals surface area contributed by atoms with E-state index in [4.69, 9.17) is 0 Å². The van der Waals surface area contributed by atoms with Crippen molar-refractivity contribution in [2.24, 2.45) is 0 Å². The molecule has 0 saturated carbocycles. The smallest absolute Gasteiger partial charge is 0.225 e. The number of amides is 1. The van der Waals surface area contributed by atoms with E-state index < -0.39 is 0 Å². The first kappa shape index (κ1) is 14.5. The van der Waals surface area contributed by atoms with Crippen LogP contribution in [0.15, 0.2) is 22.7 Å². The number of nitrogens with zero attached hydrogens (tertiary/aromatic N) is 1. The Labute approximate surface area is 122 Å². The maximum atomic E-state index is 11.9. The molecule has 0 spiro atoms. The van der Waals surface area contributed by atoms with Crippen LogP contribution < -0.4 is 10.6 Å². The molecule has 1 aromatic carbocycles. The number of piperazine rings is 1. The Morgan fingerprint density at radius 2 is 2.16 bits per heavy atom. The number of anilines is 1. The van der Waals surface area contributed by atoms with Gasteiger partial charge in [-0.2, -0.15) is 0 Å². The highest BCUT2D eigenvalue weighted by molar-refractivity contribution is 9.10. The number of carbonyl (C=O) groups excluding carboxylic acids is 1. The van der Waals surface area contributed by atoms with Gasteiger partial charge in [-0.3, -0.25) is 4.79 Å². The highest BCUT2D eigenvalue weighted by atomic mass is 79.9. The van der Waals surface area contributed by atoms with E-state index in [1.165, 1.54) is 5.56 Å². The van der Waals surface area contributed by atoms with Crippen molar-refractivity contribution in [1.29, 1.82) is 0 Å². The Hall–Kier alpha value is -0.910. The Morgan fingerprint density at radius 3 is 2.84 bits per heavy atom. The number of rotatable bonds is 4. The first-order valence-corrected chi connectivity index (χ1v) is 7.43. The van der Waals surface area contributed by atoms with Gasteiger partial charge in [0.1, 0.15) is 0 Å². The summed E-state index contributed by atoms with van der Waals surface area (Å²) in [5, 5.41) is 6.24. The lowest BCUT2D eigenvalue weighted by Gasteiger charge is -2.26. The fourth-order valence-corrected chi connectivity index (χ4v) is 2.47. The summed E-state index contributed by atoms with van der Waals surface area (Å²) in [4.78, 5) is 14.2. The van der Waals surface area contributed by atoms with E-state index in [-0.39, 0.29) is 5.91 Å². The first-order chi connectivity index (χ1) is 9.15. The number of hydrogen-bond donors (Lipinski definition) is 2. The van der Waals surface area contributed by atoms with Gasteiger partial charge in [-0.25, -0.2) is 0 Å². The predicted octanol–water partition coefficient (Wildman–Crippen LogP) is 1.99. The van der Waals surface area contributed by atoms with Crippen LogP contribution in [0.25, 0.3) is 0 Å². The molecule has 1 saturated heterocycles. The second kappa shape index (κ2) is 7.03. The van der Waals surface area contributed by atoms with Crippen molar-refractivity contribution in [3.8, 4) is 0 Å². The van der Waals surface area contributed by atoms with Gasteiger partial charge in [0.25, 0.3) is 0 Å². The van der Waals surface area contributed by atoms with Gasteiger partial charge < -0.3 is 15.5 Å². The predicted molar refractivity (Wildman–Crippen MR) is 81.4 cm³/mol. The van der Waals surface area contributed by atoms with Gasteiger partial charge >= 0.3 is 0 Å². The molecule has 1 amide bonds. The van der Waals surface area contributed by atoms with E-state index in [0.717, 1.165) is 42.9 Å². The monoisotopic (exact) mass is 325 g/mol. The molecule has 2 rings (SSSR count). The molecule has 104 valence electrons. The van der Waals surface area contributed by atoms with Crippen LogP contribution in [0.3, 0.4) is 0 Å². The molecule has 0 aromatic heterocycles. The molecule has 0 aliphatic carbocycles. The van der Waals surface area contributed by atoms with Gasteiger partial charge in [-0.1, -0.05) is 22.0 Å². The molecule has 0 unspecified atom stereocenters. The van der Waals surface area contributed by atoms with Crippen LogP contribution in [0.5, 0.6) is 0 Å². The molecular weight excluding hydrogens is 306 g/mol. The van der Waals surface area contributed by atoms with Crippen LogP contribution in [0.1, 0.15) is 12.0 Å². The number of hydrogen-bond acceptors (Lipinski definition) is 3. The van der Waals surface area contributed by atoms with E-state index in [2.05, 4.69) is 31.5 Å². The molecule has 0 atom stereocenters. The lowest BCUT2D eigenvalue weighted by molar-refractivity contribution is -0.116. The number of benzene rings is 1. The summed E-state index contributed by atoms with van der Waals surface area (Å²) in [6.07, 6.45) is 0.547. The Kier molecular flexibility index (Phi) is 5.36. The van der Waals surface area contributed by atoms with Crippen LogP contribution in [-0.4, -0.2) is 43.5 Å². The van der Waals surface area contributed by atoms with Crippen molar-refractivity contribution >= 4 is 27.5 Å².